The monoisotopic (exact) mass is 217 g/mol. The van der Waals surface area contributed by atoms with E-state index in [0.29, 0.717) is 0 Å². The Bertz CT molecular complexity index is 424. The molecule has 76 valence electrons. The predicted octanol–water partition coefficient (Wildman–Crippen LogP) is 2.26. The summed E-state index contributed by atoms with van der Waals surface area (Å²) in [5.41, 5.74) is 0.929. The Hall–Kier alpha value is -1.41. The quantitative estimate of drug-likeness (QED) is 0.653. The Morgan fingerprint density at radius 1 is 1.13 bits per heavy atom. The highest BCUT2D eigenvalue weighted by atomic mass is 35.5. The van der Waals surface area contributed by atoms with Gasteiger partial charge in [-0.3, -0.25) is 4.90 Å². The molecule has 0 spiro atoms. The van der Waals surface area contributed by atoms with Crippen molar-refractivity contribution in [2.45, 2.75) is 0 Å². The van der Waals surface area contributed by atoms with Crippen LogP contribution in [0, 0.1) is 23.7 Å². The molecule has 2 heteroatoms. The molecule has 0 amide bonds. The van der Waals surface area contributed by atoms with Crippen LogP contribution in [0.5, 0.6) is 0 Å². The summed E-state index contributed by atoms with van der Waals surface area (Å²) in [6, 6.07) is 7.39. The van der Waals surface area contributed by atoms with Crippen LogP contribution in [0.25, 0.3) is 0 Å². The Kier molecular flexibility index (Phi) is 4.78. The zero-order valence-corrected chi connectivity index (χ0v) is 9.60. The van der Waals surface area contributed by atoms with Crippen molar-refractivity contribution in [3.63, 3.8) is 0 Å². The van der Waals surface area contributed by atoms with Gasteiger partial charge in [-0.2, -0.15) is 0 Å². The summed E-state index contributed by atoms with van der Waals surface area (Å²) in [5.74, 6) is 11.5. The van der Waals surface area contributed by atoms with Gasteiger partial charge in [-0.1, -0.05) is 23.4 Å². The Balaban J connectivity index is 2.57. The molecule has 0 aliphatic heterocycles. The van der Waals surface area contributed by atoms with E-state index in [0.717, 1.165) is 17.1 Å². The van der Waals surface area contributed by atoms with E-state index in [2.05, 4.69) is 23.7 Å². The molecule has 1 nitrogen and oxygen atoms in total. The first-order chi connectivity index (χ1) is 7.18. The lowest BCUT2D eigenvalue weighted by atomic mass is 10.2. The Morgan fingerprint density at radius 3 is 2.40 bits per heavy atom. The minimum atomic E-state index is 0.722. The SMILES string of the molecule is CN(C)CC#CC#Cc1ccc(Cl)cc1. The average molecular weight is 218 g/mol. The van der Waals surface area contributed by atoms with Gasteiger partial charge in [0.1, 0.15) is 0 Å². The first-order valence-electron chi connectivity index (χ1n) is 4.57. The van der Waals surface area contributed by atoms with Gasteiger partial charge in [0.05, 0.1) is 6.54 Å². The highest BCUT2D eigenvalue weighted by Gasteiger charge is 1.85. The summed E-state index contributed by atoms with van der Waals surface area (Å²) < 4.78 is 0. The summed E-state index contributed by atoms with van der Waals surface area (Å²) in [5, 5.41) is 0.722. The molecule has 1 aromatic carbocycles. The molecule has 0 radical (unpaired) electrons. The standard InChI is InChI=1S/C13H12ClN/c1-15(2)11-5-3-4-6-12-7-9-13(14)10-8-12/h7-10H,11H2,1-2H3. The summed E-state index contributed by atoms with van der Waals surface area (Å²) >= 11 is 5.75. The molecule has 15 heavy (non-hydrogen) atoms. The van der Waals surface area contributed by atoms with Crippen LogP contribution >= 0.6 is 11.6 Å². The molecule has 1 rings (SSSR count). The molecule has 0 saturated heterocycles. The van der Waals surface area contributed by atoms with E-state index in [4.69, 9.17) is 11.6 Å². The van der Waals surface area contributed by atoms with E-state index in [9.17, 15) is 0 Å². The van der Waals surface area contributed by atoms with E-state index < -0.39 is 0 Å². The van der Waals surface area contributed by atoms with E-state index in [1.165, 1.54) is 0 Å². The van der Waals surface area contributed by atoms with E-state index in [1.807, 2.05) is 43.3 Å². The second-order valence-corrected chi connectivity index (χ2v) is 3.73. The van der Waals surface area contributed by atoms with Crippen molar-refractivity contribution in [2.24, 2.45) is 0 Å². The van der Waals surface area contributed by atoms with Gasteiger partial charge in [0, 0.05) is 10.6 Å². The van der Waals surface area contributed by atoms with Crippen LogP contribution in [-0.4, -0.2) is 25.5 Å². The van der Waals surface area contributed by atoms with Crippen LogP contribution in [0.4, 0.5) is 0 Å². The highest BCUT2D eigenvalue weighted by Crippen LogP contribution is 2.07. The summed E-state index contributed by atoms with van der Waals surface area (Å²) in [7, 11) is 3.95. The molecule has 0 bridgehead atoms. The molecular weight excluding hydrogens is 206 g/mol. The molecule has 0 fully saturated rings. The van der Waals surface area contributed by atoms with Crippen LogP contribution in [0.15, 0.2) is 24.3 Å². The number of nitrogens with zero attached hydrogens (tertiary/aromatic N) is 1. The normalized spacial score (nSPS) is 8.80. The molecule has 0 aliphatic carbocycles. The number of halogens is 1. The fourth-order valence-electron chi connectivity index (χ4n) is 0.878. The third-order valence-electron chi connectivity index (χ3n) is 1.60. The predicted molar refractivity (Wildman–Crippen MR) is 64.7 cm³/mol. The van der Waals surface area contributed by atoms with Crippen molar-refractivity contribution in [2.75, 3.05) is 20.6 Å². The molecular formula is C13H12ClN. The Morgan fingerprint density at radius 2 is 1.80 bits per heavy atom. The van der Waals surface area contributed by atoms with Gasteiger partial charge in [0.15, 0.2) is 0 Å². The van der Waals surface area contributed by atoms with Gasteiger partial charge >= 0.3 is 0 Å². The van der Waals surface area contributed by atoms with E-state index in [1.54, 1.807) is 0 Å². The topological polar surface area (TPSA) is 3.24 Å². The van der Waals surface area contributed by atoms with Crippen LogP contribution < -0.4 is 0 Å². The molecule has 1 aromatic rings. The molecule has 0 aromatic heterocycles. The molecule has 0 saturated carbocycles. The van der Waals surface area contributed by atoms with Crippen molar-refractivity contribution >= 4 is 11.6 Å². The zero-order valence-electron chi connectivity index (χ0n) is 8.84. The van der Waals surface area contributed by atoms with Gasteiger partial charge in [0.25, 0.3) is 0 Å². The van der Waals surface area contributed by atoms with Gasteiger partial charge in [0.2, 0.25) is 0 Å². The lowest BCUT2D eigenvalue weighted by Crippen LogP contribution is -2.10. The minimum Gasteiger partial charge on any atom is -0.298 e. The van der Waals surface area contributed by atoms with Crippen LogP contribution in [-0.2, 0) is 0 Å². The fraction of sp³-hybridized carbons (Fsp3) is 0.231. The smallest absolute Gasteiger partial charge is 0.0606 e. The number of rotatable bonds is 1. The summed E-state index contributed by atoms with van der Waals surface area (Å²) in [6.07, 6.45) is 0. The maximum absolute atomic E-state index is 5.75. The molecule has 0 heterocycles. The van der Waals surface area contributed by atoms with Crippen molar-refractivity contribution in [3.8, 4) is 23.7 Å². The second-order valence-electron chi connectivity index (χ2n) is 3.30. The van der Waals surface area contributed by atoms with Crippen LogP contribution in [0.2, 0.25) is 5.02 Å². The van der Waals surface area contributed by atoms with Gasteiger partial charge in [-0.15, -0.1) is 0 Å². The first kappa shape index (κ1) is 11.7. The number of benzene rings is 1. The largest absolute Gasteiger partial charge is 0.298 e. The molecule has 0 unspecified atom stereocenters. The Labute approximate surface area is 96.0 Å². The third kappa shape index (κ3) is 5.13. The molecule has 0 N–H and O–H groups in total. The first-order valence-corrected chi connectivity index (χ1v) is 4.95. The lowest BCUT2D eigenvalue weighted by molar-refractivity contribution is 0.464. The zero-order chi connectivity index (χ0) is 11.1. The van der Waals surface area contributed by atoms with Crippen molar-refractivity contribution in [3.05, 3.63) is 34.9 Å². The average Bonchev–Trinajstić information content (AvgIpc) is 2.20. The van der Waals surface area contributed by atoms with E-state index in [-0.39, 0.29) is 0 Å². The van der Waals surface area contributed by atoms with Crippen LogP contribution in [0.1, 0.15) is 5.56 Å². The fourth-order valence-corrected chi connectivity index (χ4v) is 1.00. The third-order valence-corrected chi connectivity index (χ3v) is 1.85. The van der Waals surface area contributed by atoms with Crippen LogP contribution in [0.3, 0.4) is 0 Å². The van der Waals surface area contributed by atoms with Gasteiger partial charge in [-0.05, 0) is 50.2 Å². The molecule has 0 aliphatic rings. The lowest BCUT2D eigenvalue weighted by Gasteiger charge is -1.99. The maximum atomic E-state index is 5.75. The number of hydrogen-bond acceptors (Lipinski definition) is 1. The van der Waals surface area contributed by atoms with Crippen molar-refractivity contribution in [1.82, 2.24) is 4.90 Å². The maximum Gasteiger partial charge on any atom is 0.0606 e. The van der Waals surface area contributed by atoms with Gasteiger partial charge < -0.3 is 0 Å². The van der Waals surface area contributed by atoms with Crippen molar-refractivity contribution in [1.29, 1.82) is 0 Å². The summed E-state index contributed by atoms with van der Waals surface area (Å²) in [6.45, 7) is 0.731. The van der Waals surface area contributed by atoms with E-state index >= 15 is 0 Å². The summed E-state index contributed by atoms with van der Waals surface area (Å²) in [4.78, 5) is 2.00. The highest BCUT2D eigenvalue weighted by molar-refractivity contribution is 6.30. The second kappa shape index (κ2) is 6.14. The van der Waals surface area contributed by atoms with Crippen molar-refractivity contribution < 1.29 is 0 Å². The van der Waals surface area contributed by atoms with Gasteiger partial charge in [-0.25, -0.2) is 0 Å². The minimum absolute atomic E-state index is 0.722. The number of hydrogen-bond donors (Lipinski definition) is 0. The molecule has 0 atom stereocenters.